The molecule has 0 unspecified atom stereocenters. The van der Waals surface area contributed by atoms with Gasteiger partial charge in [0.25, 0.3) is 0 Å². The van der Waals surface area contributed by atoms with E-state index in [1.54, 1.807) is 34.9 Å². The molecule has 0 saturated heterocycles. The maximum Gasteiger partial charge on any atom is 0.233 e. The lowest BCUT2D eigenvalue weighted by molar-refractivity contribution is -0.135. The van der Waals surface area contributed by atoms with Crippen LogP contribution in [0, 0.1) is 0 Å². The van der Waals surface area contributed by atoms with Crippen molar-refractivity contribution in [2.45, 2.75) is 85.0 Å². The molecular weight excluding hydrogens is 358 g/mol. The summed E-state index contributed by atoms with van der Waals surface area (Å²) in [5.74, 6) is 0.829. The summed E-state index contributed by atoms with van der Waals surface area (Å²) in [7, 11) is 0. The molecule has 2 fully saturated rings. The van der Waals surface area contributed by atoms with Crippen molar-refractivity contribution in [1.29, 1.82) is 0 Å². The van der Waals surface area contributed by atoms with E-state index in [0.29, 0.717) is 23.7 Å². The minimum Gasteiger partial charge on any atom is -0.336 e. The summed E-state index contributed by atoms with van der Waals surface area (Å²) in [5.41, 5.74) is 0. The summed E-state index contributed by atoms with van der Waals surface area (Å²) in [6.07, 6.45) is 14.6. The summed E-state index contributed by atoms with van der Waals surface area (Å²) in [6.45, 7) is 0. The lowest BCUT2D eigenvalue weighted by Gasteiger charge is -2.41. The summed E-state index contributed by atoms with van der Waals surface area (Å²) in [4.78, 5) is 15.3. The monoisotopic (exact) mass is 385 g/mol. The van der Waals surface area contributed by atoms with E-state index in [1.165, 1.54) is 64.2 Å². The van der Waals surface area contributed by atoms with Gasteiger partial charge in [0.05, 0.1) is 5.75 Å². The second kappa shape index (κ2) is 9.43. The van der Waals surface area contributed by atoms with E-state index in [9.17, 15) is 4.79 Å². The Morgan fingerprint density at radius 3 is 2.04 bits per heavy atom. The average molecular weight is 386 g/mol. The molecule has 1 amide bonds. The van der Waals surface area contributed by atoms with Gasteiger partial charge < -0.3 is 4.90 Å². The van der Waals surface area contributed by atoms with Gasteiger partial charge in [0.2, 0.25) is 5.91 Å². The van der Waals surface area contributed by atoms with Crippen LogP contribution in [0.4, 0.5) is 0 Å². The third-order valence-electron chi connectivity index (χ3n) is 5.11. The number of carbonyl (C=O) groups excluding carboxylic acids is 1. The Hall–Kier alpha value is -0.270. The smallest absolute Gasteiger partial charge is 0.233 e. The highest BCUT2D eigenvalue weighted by atomic mass is 32.2. The molecule has 2 saturated carbocycles. The van der Waals surface area contributed by atoms with E-state index in [1.807, 2.05) is 6.26 Å². The van der Waals surface area contributed by atoms with Crippen LogP contribution in [0.25, 0.3) is 0 Å². The molecule has 134 valence electrons. The molecule has 4 nitrogen and oxygen atoms in total. The average Bonchev–Trinajstić information content (AvgIpc) is 3.10. The third-order valence-corrected chi connectivity index (χ3v) is 8.12. The first-order valence-corrected chi connectivity index (χ1v) is 12.1. The molecular formula is C17H27N3OS3. The summed E-state index contributed by atoms with van der Waals surface area (Å²) in [5, 5.41) is 8.31. The van der Waals surface area contributed by atoms with Crippen LogP contribution in [-0.4, -0.2) is 45.1 Å². The number of hydrogen-bond donors (Lipinski definition) is 0. The number of hydrogen-bond acceptors (Lipinski definition) is 6. The predicted octanol–water partition coefficient (Wildman–Crippen LogP) is 4.85. The molecule has 1 aromatic heterocycles. The van der Waals surface area contributed by atoms with E-state index in [2.05, 4.69) is 15.1 Å². The largest absolute Gasteiger partial charge is 0.336 e. The fourth-order valence-corrected chi connectivity index (χ4v) is 6.27. The van der Waals surface area contributed by atoms with Crippen LogP contribution in [-0.2, 0) is 4.79 Å². The van der Waals surface area contributed by atoms with Crippen molar-refractivity contribution in [1.82, 2.24) is 15.1 Å². The highest BCUT2D eigenvalue weighted by molar-refractivity contribution is 8.03. The number of carbonyl (C=O) groups is 1. The molecule has 0 bridgehead atoms. The number of rotatable bonds is 6. The standard InChI is InChI=1S/C17H27N3OS3/c1-22-16-18-19-17(24-16)23-12-15(21)20(13-8-4-2-5-9-13)14-10-6-3-7-11-14/h13-14H,2-12H2,1H3. The molecule has 0 N–H and O–H groups in total. The molecule has 1 aromatic rings. The summed E-state index contributed by atoms with van der Waals surface area (Å²) >= 11 is 4.76. The summed E-state index contributed by atoms with van der Waals surface area (Å²) in [6, 6.07) is 0.956. The van der Waals surface area contributed by atoms with E-state index >= 15 is 0 Å². The zero-order valence-electron chi connectivity index (χ0n) is 14.4. The van der Waals surface area contributed by atoms with Crippen molar-refractivity contribution in [3.63, 3.8) is 0 Å². The molecule has 24 heavy (non-hydrogen) atoms. The maximum atomic E-state index is 13.0. The fourth-order valence-electron chi connectivity index (χ4n) is 3.96. The van der Waals surface area contributed by atoms with Crippen LogP contribution in [0.3, 0.4) is 0 Å². The van der Waals surface area contributed by atoms with Crippen LogP contribution in [0.5, 0.6) is 0 Å². The molecule has 2 aliphatic rings. The first kappa shape index (κ1) is 18.5. The van der Waals surface area contributed by atoms with Crippen LogP contribution < -0.4 is 0 Å². The van der Waals surface area contributed by atoms with E-state index in [0.717, 1.165) is 8.68 Å². The zero-order chi connectivity index (χ0) is 16.8. The molecule has 0 radical (unpaired) electrons. The lowest BCUT2D eigenvalue weighted by atomic mass is 9.88. The predicted molar refractivity (Wildman–Crippen MR) is 103 cm³/mol. The van der Waals surface area contributed by atoms with Crippen LogP contribution in [0.1, 0.15) is 64.2 Å². The van der Waals surface area contributed by atoms with Crippen molar-refractivity contribution < 1.29 is 4.79 Å². The van der Waals surface area contributed by atoms with Gasteiger partial charge in [0.1, 0.15) is 0 Å². The third kappa shape index (κ3) is 4.88. The van der Waals surface area contributed by atoms with Gasteiger partial charge in [0.15, 0.2) is 8.68 Å². The maximum absolute atomic E-state index is 13.0. The SMILES string of the molecule is CSc1nnc(SCC(=O)N(C2CCCCC2)C2CCCCC2)s1. The first-order valence-electron chi connectivity index (χ1n) is 9.09. The van der Waals surface area contributed by atoms with E-state index < -0.39 is 0 Å². The topological polar surface area (TPSA) is 46.1 Å². The van der Waals surface area contributed by atoms with E-state index in [4.69, 9.17) is 0 Å². The van der Waals surface area contributed by atoms with Crippen molar-refractivity contribution >= 4 is 40.8 Å². The van der Waals surface area contributed by atoms with Gasteiger partial charge in [-0.25, -0.2) is 0 Å². The van der Waals surface area contributed by atoms with Gasteiger partial charge in [-0.05, 0) is 31.9 Å². The van der Waals surface area contributed by atoms with Gasteiger partial charge >= 0.3 is 0 Å². The molecule has 0 spiro atoms. The van der Waals surface area contributed by atoms with Gasteiger partial charge in [-0.15, -0.1) is 10.2 Å². The van der Waals surface area contributed by atoms with Gasteiger partial charge in [0, 0.05) is 12.1 Å². The Morgan fingerprint density at radius 1 is 1.00 bits per heavy atom. The molecule has 7 heteroatoms. The Morgan fingerprint density at radius 2 is 1.54 bits per heavy atom. The number of amides is 1. The highest BCUT2D eigenvalue weighted by Gasteiger charge is 2.32. The molecule has 1 heterocycles. The lowest BCUT2D eigenvalue weighted by Crippen LogP contribution is -2.49. The zero-order valence-corrected chi connectivity index (χ0v) is 16.9. The van der Waals surface area contributed by atoms with Crippen molar-refractivity contribution in [3.05, 3.63) is 0 Å². The Balaban J connectivity index is 1.62. The molecule has 0 aliphatic heterocycles. The summed E-state index contributed by atoms with van der Waals surface area (Å²) < 4.78 is 1.89. The molecule has 0 atom stereocenters. The molecule has 2 aliphatic carbocycles. The number of aromatic nitrogens is 2. The Labute approximate surface area is 157 Å². The van der Waals surface area contributed by atoms with Crippen LogP contribution in [0.2, 0.25) is 0 Å². The molecule has 0 aromatic carbocycles. The Bertz CT molecular complexity index is 507. The number of nitrogens with zero attached hydrogens (tertiary/aromatic N) is 3. The van der Waals surface area contributed by atoms with E-state index in [-0.39, 0.29) is 0 Å². The number of thioether (sulfide) groups is 2. The van der Waals surface area contributed by atoms with Gasteiger partial charge in [-0.1, -0.05) is 73.4 Å². The van der Waals surface area contributed by atoms with Crippen molar-refractivity contribution in [2.75, 3.05) is 12.0 Å². The minimum atomic E-state index is 0.319. The molecule has 3 rings (SSSR count). The van der Waals surface area contributed by atoms with Gasteiger partial charge in [-0.2, -0.15) is 0 Å². The van der Waals surface area contributed by atoms with Crippen LogP contribution in [0.15, 0.2) is 8.68 Å². The normalized spacial score (nSPS) is 20.2. The Kier molecular flexibility index (Phi) is 7.28. The second-order valence-corrected chi connectivity index (χ2v) is 9.96. The van der Waals surface area contributed by atoms with Crippen LogP contribution >= 0.6 is 34.9 Å². The fraction of sp³-hybridized carbons (Fsp3) is 0.824. The second-order valence-electron chi connectivity index (χ2n) is 6.71. The minimum absolute atomic E-state index is 0.319. The van der Waals surface area contributed by atoms with Gasteiger partial charge in [-0.3, -0.25) is 4.79 Å². The first-order chi connectivity index (χ1) is 11.8. The quantitative estimate of drug-likeness (QED) is 0.655. The highest BCUT2D eigenvalue weighted by Crippen LogP contribution is 2.32. The van der Waals surface area contributed by atoms with Crippen molar-refractivity contribution in [3.8, 4) is 0 Å². The van der Waals surface area contributed by atoms with Crippen molar-refractivity contribution in [2.24, 2.45) is 0 Å².